The van der Waals surface area contributed by atoms with Crippen LogP contribution in [0.15, 0.2) is 24.3 Å². The van der Waals surface area contributed by atoms with Crippen LogP contribution in [0, 0.1) is 22.0 Å². The molecule has 1 saturated carbocycles. The zero-order valence-electron chi connectivity index (χ0n) is 14.7. The Labute approximate surface area is 158 Å². The van der Waals surface area contributed by atoms with Crippen molar-refractivity contribution in [3.63, 3.8) is 0 Å². The van der Waals surface area contributed by atoms with E-state index >= 15 is 0 Å². The van der Waals surface area contributed by atoms with Crippen molar-refractivity contribution >= 4 is 23.2 Å². The summed E-state index contributed by atoms with van der Waals surface area (Å²) in [4.78, 5) is 23.7. The van der Waals surface area contributed by atoms with Gasteiger partial charge >= 0.3 is 6.23 Å². The van der Waals surface area contributed by atoms with E-state index in [9.17, 15) is 14.9 Å². The molecule has 1 amide bonds. The fourth-order valence-corrected chi connectivity index (χ4v) is 4.29. The number of ether oxygens (including phenoxy) is 1. The molecular formula is C19H25ClN2O4. The SMILES string of the molecule is O=C(Nc1ccc(Cl)cc1)C1CC(C2CCCCCCC2)C([N+](=O)[O-])O1. The first-order chi connectivity index (χ1) is 12.5. The molecule has 1 heterocycles. The van der Waals surface area contributed by atoms with Gasteiger partial charge in [0, 0.05) is 10.7 Å². The Kier molecular flexibility index (Phi) is 6.48. The van der Waals surface area contributed by atoms with Crippen LogP contribution in [-0.2, 0) is 9.53 Å². The summed E-state index contributed by atoms with van der Waals surface area (Å²) in [5.41, 5.74) is 0.607. The molecule has 7 heteroatoms. The lowest BCUT2D eigenvalue weighted by Gasteiger charge is -2.25. The van der Waals surface area contributed by atoms with Crippen molar-refractivity contribution in [3.8, 4) is 0 Å². The van der Waals surface area contributed by atoms with Crippen LogP contribution < -0.4 is 5.32 Å². The topological polar surface area (TPSA) is 81.5 Å². The Morgan fingerprint density at radius 1 is 1.12 bits per heavy atom. The van der Waals surface area contributed by atoms with Gasteiger partial charge in [0.1, 0.15) is 6.10 Å². The van der Waals surface area contributed by atoms with E-state index in [1.165, 1.54) is 19.3 Å². The predicted octanol–water partition coefficient (Wildman–Crippen LogP) is 4.65. The maximum Gasteiger partial charge on any atom is 0.319 e. The molecule has 0 spiro atoms. The molecule has 1 aromatic rings. The number of benzene rings is 1. The molecule has 0 radical (unpaired) electrons. The molecule has 142 valence electrons. The molecule has 1 aliphatic heterocycles. The monoisotopic (exact) mass is 380 g/mol. The Balaban J connectivity index is 1.66. The number of nitrogens with zero attached hydrogens (tertiary/aromatic N) is 1. The van der Waals surface area contributed by atoms with Crippen LogP contribution in [-0.4, -0.2) is 23.2 Å². The van der Waals surface area contributed by atoms with Crippen LogP contribution in [0.1, 0.15) is 51.4 Å². The third-order valence-electron chi connectivity index (χ3n) is 5.52. The standard InChI is InChI=1S/C19H25ClN2O4/c20-14-8-10-15(11-9-14)21-18(23)17-12-16(19(26-17)22(24)25)13-6-4-2-1-3-5-7-13/h8-11,13,16-17,19H,1-7,12H2,(H,21,23). The van der Waals surface area contributed by atoms with Crippen LogP contribution in [0.5, 0.6) is 0 Å². The van der Waals surface area contributed by atoms with Gasteiger partial charge in [-0.25, -0.2) is 0 Å². The van der Waals surface area contributed by atoms with E-state index in [0.29, 0.717) is 17.1 Å². The smallest absolute Gasteiger partial charge is 0.319 e. The van der Waals surface area contributed by atoms with Gasteiger partial charge in [-0.15, -0.1) is 0 Å². The van der Waals surface area contributed by atoms with Crippen molar-refractivity contribution in [2.75, 3.05) is 5.32 Å². The summed E-state index contributed by atoms with van der Waals surface area (Å²) in [6.07, 6.45) is 6.36. The normalized spacial score (nSPS) is 27.5. The lowest BCUT2D eigenvalue weighted by atomic mass is 9.79. The minimum atomic E-state index is -1.08. The number of carbonyl (C=O) groups is 1. The molecule has 1 aliphatic carbocycles. The highest BCUT2D eigenvalue weighted by Gasteiger charge is 2.49. The highest BCUT2D eigenvalue weighted by Crippen LogP contribution is 2.39. The summed E-state index contributed by atoms with van der Waals surface area (Å²) in [5, 5.41) is 14.9. The van der Waals surface area contributed by atoms with Crippen LogP contribution in [0.2, 0.25) is 5.02 Å². The van der Waals surface area contributed by atoms with Gasteiger partial charge in [-0.2, -0.15) is 0 Å². The lowest BCUT2D eigenvalue weighted by Crippen LogP contribution is -2.32. The molecule has 1 N–H and O–H groups in total. The van der Waals surface area contributed by atoms with Crippen molar-refractivity contribution < 1.29 is 14.5 Å². The van der Waals surface area contributed by atoms with Crippen LogP contribution >= 0.6 is 11.6 Å². The number of rotatable bonds is 4. The fourth-order valence-electron chi connectivity index (χ4n) is 4.16. The molecule has 3 rings (SSSR count). The van der Waals surface area contributed by atoms with Gasteiger partial charge in [-0.3, -0.25) is 14.9 Å². The van der Waals surface area contributed by atoms with Crippen molar-refractivity contribution in [1.82, 2.24) is 0 Å². The maximum atomic E-state index is 12.5. The summed E-state index contributed by atoms with van der Waals surface area (Å²) in [6, 6.07) is 6.77. The number of nitro groups is 1. The highest BCUT2D eigenvalue weighted by molar-refractivity contribution is 6.30. The Morgan fingerprint density at radius 2 is 1.73 bits per heavy atom. The van der Waals surface area contributed by atoms with E-state index in [-0.39, 0.29) is 22.7 Å². The first-order valence-corrected chi connectivity index (χ1v) is 9.78. The Bertz CT molecular complexity index is 629. The molecule has 3 unspecified atom stereocenters. The molecule has 0 bridgehead atoms. The van der Waals surface area contributed by atoms with Gasteiger partial charge in [0.05, 0.1) is 10.8 Å². The first kappa shape index (κ1) is 19.1. The number of carbonyl (C=O) groups excluding carboxylic acids is 1. The van der Waals surface area contributed by atoms with Crippen LogP contribution in [0.25, 0.3) is 0 Å². The van der Waals surface area contributed by atoms with E-state index in [0.717, 1.165) is 25.7 Å². The number of amides is 1. The summed E-state index contributed by atoms with van der Waals surface area (Å²) in [6.45, 7) is 0. The summed E-state index contributed by atoms with van der Waals surface area (Å²) < 4.78 is 5.58. The van der Waals surface area contributed by atoms with Crippen molar-refractivity contribution in [2.45, 2.75) is 63.7 Å². The van der Waals surface area contributed by atoms with E-state index in [1.807, 2.05) is 0 Å². The number of anilines is 1. The molecule has 0 aromatic heterocycles. The summed E-state index contributed by atoms with van der Waals surface area (Å²) in [7, 11) is 0. The summed E-state index contributed by atoms with van der Waals surface area (Å²) >= 11 is 5.85. The van der Waals surface area contributed by atoms with Crippen LogP contribution in [0.3, 0.4) is 0 Å². The second-order valence-corrected chi connectivity index (χ2v) is 7.74. The lowest BCUT2D eigenvalue weighted by molar-refractivity contribution is -0.580. The molecule has 3 atom stereocenters. The zero-order chi connectivity index (χ0) is 18.5. The minimum Gasteiger partial charge on any atom is -0.324 e. The number of hydrogen-bond donors (Lipinski definition) is 1. The van der Waals surface area contributed by atoms with Gasteiger partial charge in [-0.05, 0) is 49.4 Å². The van der Waals surface area contributed by atoms with Crippen molar-refractivity contribution in [3.05, 3.63) is 39.4 Å². The molecule has 2 aliphatic rings. The number of nitrogens with one attached hydrogen (secondary N) is 1. The molecule has 1 saturated heterocycles. The van der Waals surface area contributed by atoms with Crippen LogP contribution in [0.4, 0.5) is 5.69 Å². The van der Waals surface area contributed by atoms with E-state index in [2.05, 4.69) is 5.32 Å². The average Bonchev–Trinajstić information content (AvgIpc) is 3.02. The number of halogens is 1. The Hall–Kier alpha value is -1.66. The molecular weight excluding hydrogens is 356 g/mol. The second-order valence-electron chi connectivity index (χ2n) is 7.30. The van der Waals surface area contributed by atoms with Gasteiger partial charge in [-0.1, -0.05) is 43.7 Å². The van der Waals surface area contributed by atoms with E-state index in [1.54, 1.807) is 24.3 Å². The maximum absolute atomic E-state index is 12.5. The highest BCUT2D eigenvalue weighted by atomic mass is 35.5. The molecule has 26 heavy (non-hydrogen) atoms. The fraction of sp³-hybridized carbons (Fsp3) is 0.632. The van der Waals surface area contributed by atoms with Crippen molar-refractivity contribution in [2.24, 2.45) is 11.8 Å². The van der Waals surface area contributed by atoms with E-state index < -0.39 is 12.3 Å². The molecule has 6 nitrogen and oxygen atoms in total. The second kappa shape index (κ2) is 8.82. The average molecular weight is 381 g/mol. The third kappa shape index (κ3) is 4.74. The number of hydrogen-bond acceptors (Lipinski definition) is 4. The largest absolute Gasteiger partial charge is 0.324 e. The van der Waals surface area contributed by atoms with Crippen molar-refractivity contribution in [1.29, 1.82) is 0 Å². The summed E-state index contributed by atoms with van der Waals surface area (Å²) in [5.74, 6) is -0.254. The van der Waals surface area contributed by atoms with Gasteiger partial charge in [0.15, 0.2) is 0 Å². The quantitative estimate of drug-likeness (QED) is 0.609. The van der Waals surface area contributed by atoms with Gasteiger partial charge < -0.3 is 10.1 Å². The van der Waals surface area contributed by atoms with Gasteiger partial charge in [0.2, 0.25) is 0 Å². The van der Waals surface area contributed by atoms with Gasteiger partial charge in [0.25, 0.3) is 5.91 Å². The first-order valence-electron chi connectivity index (χ1n) is 9.40. The Morgan fingerprint density at radius 3 is 2.35 bits per heavy atom. The zero-order valence-corrected chi connectivity index (χ0v) is 15.5. The molecule has 2 fully saturated rings. The van der Waals surface area contributed by atoms with E-state index in [4.69, 9.17) is 16.3 Å². The predicted molar refractivity (Wildman–Crippen MR) is 99.7 cm³/mol. The molecule has 1 aromatic carbocycles. The third-order valence-corrected chi connectivity index (χ3v) is 5.78. The minimum absolute atomic E-state index is 0.191.